The van der Waals surface area contributed by atoms with E-state index in [1.807, 2.05) is 0 Å². The van der Waals surface area contributed by atoms with Gasteiger partial charge in [-0.15, -0.1) is 0 Å². The van der Waals surface area contributed by atoms with Crippen molar-refractivity contribution in [3.63, 3.8) is 0 Å². The van der Waals surface area contributed by atoms with Crippen LogP contribution >= 0.6 is 0 Å². The third-order valence-electron chi connectivity index (χ3n) is 3.15. The molecule has 10 heteroatoms. The Labute approximate surface area is 137 Å². The summed E-state index contributed by atoms with van der Waals surface area (Å²) < 4.78 is 7.53. The quantitative estimate of drug-likeness (QED) is 0.706. The number of rotatable bonds is 7. The van der Waals surface area contributed by atoms with E-state index in [0.29, 0.717) is 0 Å². The summed E-state index contributed by atoms with van der Waals surface area (Å²) in [7, 11) is 1.57. The number of nitrogens with one attached hydrogen (secondary N) is 1. The number of hydrogen-bond donors (Lipinski definition) is 2. The molecule has 24 heavy (non-hydrogen) atoms. The molecule has 2 heterocycles. The lowest BCUT2D eigenvalue weighted by Gasteiger charge is -2.09. The van der Waals surface area contributed by atoms with Gasteiger partial charge in [0, 0.05) is 13.2 Å². The maximum absolute atomic E-state index is 12.4. The Morgan fingerprint density at radius 2 is 2.08 bits per heavy atom. The molecule has 0 atom stereocenters. The highest BCUT2D eigenvalue weighted by Crippen LogP contribution is 2.16. The summed E-state index contributed by atoms with van der Waals surface area (Å²) in [5.41, 5.74) is 0.302. The number of esters is 1. The molecule has 0 saturated heterocycles. The van der Waals surface area contributed by atoms with Gasteiger partial charge >= 0.3 is 11.9 Å². The van der Waals surface area contributed by atoms with Crippen molar-refractivity contribution in [1.82, 2.24) is 19.6 Å². The molecule has 2 rings (SSSR count). The molecular formula is C14H17N5O5. The number of anilines is 1. The van der Waals surface area contributed by atoms with E-state index in [0.717, 1.165) is 0 Å². The van der Waals surface area contributed by atoms with Gasteiger partial charge in [0.05, 0.1) is 25.8 Å². The Morgan fingerprint density at radius 3 is 2.75 bits per heavy atom. The van der Waals surface area contributed by atoms with Gasteiger partial charge in [0.2, 0.25) is 0 Å². The zero-order valence-electron chi connectivity index (χ0n) is 13.2. The van der Waals surface area contributed by atoms with Crippen molar-refractivity contribution in [2.24, 2.45) is 7.05 Å². The van der Waals surface area contributed by atoms with E-state index >= 15 is 0 Å². The number of aliphatic carboxylic acids is 1. The Bertz CT molecular complexity index is 763. The summed E-state index contributed by atoms with van der Waals surface area (Å²) in [5.74, 6) is -1.94. The van der Waals surface area contributed by atoms with Crippen LogP contribution in [-0.2, 0) is 23.1 Å². The van der Waals surface area contributed by atoms with Gasteiger partial charge in [-0.05, 0) is 13.0 Å². The second-order valence-electron chi connectivity index (χ2n) is 4.79. The lowest BCUT2D eigenvalue weighted by Crippen LogP contribution is -2.21. The molecule has 2 N–H and O–H groups in total. The predicted molar refractivity (Wildman–Crippen MR) is 81.6 cm³/mol. The minimum absolute atomic E-state index is 0.0568. The van der Waals surface area contributed by atoms with Crippen LogP contribution in [0.25, 0.3) is 0 Å². The van der Waals surface area contributed by atoms with Crippen LogP contribution in [0, 0.1) is 0 Å². The number of carbonyl (C=O) groups excluding carboxylic acids is 2. The Kier molecular flexibility index (Phi) is 5.30. The van der Waals surface area contributed by atoms with E-state index in [1.54, 1.807) is 14.0 Å². The fourth-order valence-corrected chi connectivity index (χ4v) is 2.02. The highest BCUT2D eigenvalue weighted by molar-refractivity contribution is 6.06. The standard InChI is InChI=1S/C14H17N5O5/c1-3-24-14(23)9-8-16-18(2)12(9)17-13(22)10-4-6-15-19(10)7-5-11(20)21/h4,6,8H,3,5,7H2,1-2H3,(H,17,22)(H,20,21). The van der Waals surface area contributed by atoms with Crippen LogP contribution in [0.15, 0.2) is 18.5 Å². The molecule has 0 unspecified atom stereocenters. The zero-order valence-corrected chi connectivity index (χ0v) is 13.2. The summed E-state index contributed by atoms with van der Waals surface area (Å²) in [6, 6.07) is 1.46. The van der Waals surface area contributed by atoms with Crippen LogP contribution < -0.4 is 5.32 Å². The SMILES string of the molecule is CCOC(=O)c1cnn(C)c1NC(=O)c1ccnn1CCC(=O)O. The number of aryl methyl sites for hydroxylation is 2. The van der Waals surface area contributed by atoms with Crippen molar-refractivity contribution in [2.45, 2.75) is 19.9 Å². The second kappa shape index (κ2) is 7.40. The third kappa shape index (κ3) is 3.77. The van der Waals surface area contributed by atoms with Crippen LogP contribution in [0.2, 0.25) is 0 Å². The van der Waals surface area contributed by atoms with Crippen molar-refractivity contribution in [3.05, 3.63) is 29.7 Å². The van der Waals surface area contributed by atoms with Crippen molar-refractivity contribution in [2.75, 3.05) is 11.9 Å². The first kappa shape index (κ1) is 17.2. The minimum Gasteiger partial charge on any atom is -0.481 e. The third-order valence-corrected chi connectivity index (χ3v) is 3.15. The van der Waals surface area contributed by atoms with Crippen LogP contribution in [0.3, 0.4) is 0 Å². The number of amides is 1. The van der Waals surface area contributed by atoms with Gasteiger partial charge < -0.3 is 15.2 Å². The largest absolute Gasteiger partial charge is 0.481 e. The topological polar surface area (TPSA) is 128 Å². The Balaban J connectivity index is 2.19. The predicted octanol–water partition coefficient (Wildman–Crippen LogP) is 0.520. The monoisotopic (exact) mass is 335 g/mol. The molecule has 0 aromatic carbocycles. The van der Waals surface area contributed by atoms with Gasteiger partial charge in [-0.25, -0.2) is 4.79 Å². The molecule has 0 aliphatic heterocycles. The Hall–Kier alpha value is -3.17. The molecule has 128 valence electrons. The molecule has 0 bridgehead atoms. The molecule has 2 aromatic rings. The fourth-order valence-electron chi connectivity index (χ4n) is 2.02. The number of hydrogen-bond acceptors (Lipinski definition) is 6. The van der Waals surface area contributed by atoms with Gasteiger partial charge in [-0.3, -0.25) is 19.0 Å². The number of nitrogens with zero attached hydrogens (tertiary/aromatic N) is 4. The maximum Gasteiger partial charge on any atom is 0.343 e. The highest BCUT2D eigenvalue weighted by atomic mass is 16.5. The van der Waals surface area contributed by atoms with Gasteiger partial charge in [0.15, 0.2) is 0 Å². The van der Waals surface area contributed by atoms with E-state index in [-0.39, 0.29) is 36.6 Å². The lowest BCUT2D eigenvalue weighted by atomic mass is 10.3. The average Bonchev–Trinajstić information content (AvgIpc) is 3.13. The van der Waals surface area contributed by atoms with Crippen LogP contribution in [0.1, 0.15) is 34.2 Å². The summed E-state index contributed by atoms with van der Waals surface area (Å²) in [6.07, 6.45) is 2.53. The summed E-state index contributed by atoms with van der Waals surface area (Å²) >= 11 is 0. The summed E-state index contributed by atoms with van der Waals surface area (Å²) in [5, 5.41) is 19.2. The first-order valence-corrected chi connectivity index (χ1v) is 7.18. The number of carboxylic acid groups (broad SMARTS) is 1. The summed E-state index contributed by atoms with van der Waals surface area (Å²) in [4.78, 5) is 34.9. The van der Waals surface area contributed by atoms with Gasteiger partial charge in [0.25, 0.3) is 5.91 Å². The number of ether oxygens (including phenoxy) is 1. The molecule has 1 amide bonds. The van der Waals surface area contributed by atoms with E-state index < -0.39 is 17.8 Å². The first-order valence-electron chi connectivity index (χ1n) is 7.18. The number of carboxylic acids is 1. The van der Waals surface area contributed by atoms with E-state index in [9.17, 15) is 14.4 Å². The molecule has 0 aliphatic rings. The molecular weight excluding hydrogens is 318 g/mol. The van der Waals surface area contributed by atoms with E-state index in [1.165, 1.54) is 27.8 Å². The number of aromatic nitrogens is 4. The van der Waals surface area contributed by atoms with Crippen LogP contribution in [0.5, 0.6) is 0 Å². The van der Waals surface area contributed by atoms with Crippen molar-refractivity contribution in [3.8, 4) is 0 Å². The van der Waals surface area contributed by atoms with Crippen molar-refractivity contribution in [1.29, 1.82) is 0 Å². The van der Waals surface area contributed by atoms with Gasteiger partial charge in [0.1, 0.15) is 17.1 Å². The molecule has 0 fully saturated rings. The van der Waals surface area contributed by atoms with Crippen LogP contribution in [0.4, 0.5) is 5.82 Å². The number of carbonyl (C=O) groups is 3. The smallest absolute Gasteiger partial charge is 0.343 e. The maximum atomic E-state index is 12.4. The van der Waals surface area contributed by atoms with Gasteiger partial charge in [-0.1, -0.05) is 0 Å². The highest BCUT2D eigenvalue weighted by Gasteiger charge is 2.21. The van der Waals surface area contributed by atoms with Crippen LogP contribution in [-0.4, -0.2) is 49.1 Å². The molecule has 0 aliphatic carbocycles. The van der Waals surface area contributed by atoms with E-state index in [2.05, 4.69) is 15.5 Å². The molecule has 0 spiro atoms. The Morgan fingerprint density at radius 1 is 1.33 bits per heavy atom. The normalized spacial score (nSPS) is 10.4. The fraction of sp³-hybridized carbons (Fsp3) is 0.357. The second-order valence-corrected chi connectivity index (χ2v) is 4.79. The van der Waals surface area contributed by atoms with Crippen molar-refractivity contribution >= 4 is 23.7 Å². The van der Waals surface area contributed by atoms with Gasteiger partial charge in [-0.2, -0.15) is 10.2 Å². The lowest BCUT2D eigenvalue weighted by molar-refractivity contribution is -0.137. The molecule has 0 saturated carbocycles. The summed E-state index contributed by atoms with van der Waals surface area (Å²) in [6.45, 7) is 1.93. The average molecular weight is 335 g/mol. The first-order chi connectivity index (χ1) is 11.4. The molecule has 2 aromatic heterocycles. The minimum atomic E-state index is -0.993. The van der Waals surface area contributed by atoms with E-state index in [4.69, 9.17) is 9.84 Å². The zero-order chi connectivity index (χ0) is 17.7. The van der Waals surface area contributed by atoms with Crippen molar-refractivity contribution < 1.29 is 24.2 Å². The molecule has 0 radical (unpaired) electrons. The molecule has 10 nitrogen and oxygen atoms in total.